The Morgan fingerprint density at radius 2 is 2.21 bits per heavy atom. The van der Waals surface area contributed by atoms with Crippen LogP contribution in [0.5, 0.6) is 5.75 Å². The monoisotopic (exact) mass is 276 g/mol. The number of benzene rings is 1. The molecular weight excluding hydrogens is 256 g/mol. The topological polar surface area (TPSA) is 47.3 Å². The van der Waals surface area contributed by atoms with Gasteiger partial charge in [-0.3, -0.25) is 5.84 Å². The molecule has 0 saturated carbocycles. The van der Waals surface area contributed by atoms with Gasteiger partial charge in [0.2, 0.25) is 0 Å². The van der Waals surface area contributed by atoms with Gasteiger partial charge in [0.25, 0.3) is 0 Å². The van der Waals surface area contributed by atoms with E-state index in [2.05, 4.69) is 42.9 Å². The number of rotatable bonds is 6. The molecule has 0 spiro atoms. The van der Waals surface area contributed by atoms with Crippen LogP contribution in [0.3, 0.4) is 0 Å². The quantitative estimate of drug-likeness (QED) is 0.628. The smallest absolute Gasteiger partial charge is 0.119 e. The molecule has 1 aromatic carbocycles. The highest BCUT2D eigenvalue weighted by molar-refractivity contribution is 7.10. The zero-order valence-corrected chi connectivity index (χ0v) is 12.2. The van der Waals surface area contributed by atoms with Gasteiger partial charge >= 0.3 is 0 Å². The lowest BCUT2D eigenvalue weighted by atomic mass is 10.0. The van der Waals surface area contributed by atoms with Crippen LogP contribution in [-0.4, -0.2) is 6.61 Å². The van der Waals surface area contributed by atoms with Crippen molar-refractivity contribution in [1.29, 1.82) is 0 Å². The highest BCUT2D eigenvalue weighted by Crippen LogP contribution is 2.30. The van der Waals surface area contributed by atoms with Crippen LogP contribution >= 0.6 is 11.3 Å². The maximum atomic E-state index is 5.73. The zero-order chi connectivity index (χ0) is 13.7. The Bertz CT molecular complexity index is 524. The molecule has 0 bridgehead atoms. The third-order valence-electron chi connectivity index (χ3n) is 2.99. The van der Waals surface area contributed by atoms with E-state index in [-0.39, 0.29) is 6.04 Å². The summed E-state index contributed by atoms with van der Waals surface area (Å²) in [5.41, 5.74) is 5.28. The molecule has 0 aliphatic rings. The van der Waals surface area contributed by atoms with Gasteiger partial charge in [0.05, 0.1) is 12.6 Å². The summed E-state index contributed by atoms with van der Waals surface area (Å²) < 4.78 is 5.67. The van der Waals surface area contributed by atoms with E-state index in [1.165, 1.54) is 10.4 Å². The second-order valence-electron chi connectivity index (χ2n) is 4.49. The number of nitrogens with one attached hydrogen (secondary N) is 1. The minimum atomic E-state index is 0.0187. The van der Waals surface area contributed by atoms with Crippen molar-refractivity contribution in [3.8, 4) is 5.75 Å². The molecule has 4 heteroatoms. The molecule has 0 fully saturated rings. The SMILES string of the molecule is CCCOc1cccc(C(NN)c2sccc2C)c1. The van der Waals surface area contributed by atoms with Gasteiger partial charge in [0.1, 0.15) is 5.75 Å². The van der Waals surface area contributed by atoms with Gasteiger partial charge < -0.3 is 4.74 Å². The predicted molar refractivity (Wildman–Crippen MR) is 80.5 cm³/mol. The maximum absolute atomic E-state index is 5.73. The number of ether oxygens (including phenoxy) is 1. The molecule has 1 heterocycles. The van der Waals surface area contributed by atoms with Crippen LogP contribution < -0.4 is 16.0 Å². The lowest BCUT2D eigenvalue weighted by Gasteiger charge is -2.17. The maximum Gasteiger partial charge on any atom is 0.119 e. The fourth-order valence-corrected chi connectivity index (χ4v) is 3.02. The number of thiophene rings is 1. The Labute approximate surface area is 118 Å². The molecule has 1 aromatic heterocycles. The first-order chi connectivity index (χ1) is 9.26. The molecule has 2 rings (SSSR count). The van der Waals surface area contributed by atoms with Crippen LogP contribution in [0, 0.1) is 6.92 Å². The van der Waals surface area contributed by atoms with Crippen LogP contribution in [0.25, 0.3) is 0 Å². The van der Waals surface area contributed by atoms with E-state index in [0.717, 1.165) is 24.3 Å². The first kappa shape index (κ1) is 14.1. The van der Waals surface area contributed by atoms with Crippen molar-refractivity contribution in [3.63, 3.8) is 0 Å². The third kappa shape index (κ3) is 3.35. The average Bonchev–Trinajstić information content (AvgIpc) is 2.84. The molecule has 0 aliphatic carbocycles. The second-order valence-corrected chi connectivity index (χ2v) is 5.44. The van der Waals surface area contributed by atoms with Gasteiger partial charge in [-0.05, 0) is 48.1 Å². The Hall–Kier alpha value is -1.36. The third-order valence-corrected chi connectivity index (χ3v) is 4.08. The summed E-state index contributed by atoms with van der Waals surface area (Å²) in [6, 6.07) is 10.2. The van der Waals surface area contributed by atoms with Crippen LogP contribution in [0.4, 0.5) is 0 Å². The normalized spacial score (nSPS) is 12.4. The molecule has 2 aromatic rings. The molecule has 1 unspecified atom stereocenters. The van der Waals surface area contributed by atoms with Crippen molar-refractivity contribution < 1.29 is 4.74 Å². The number of hydrazine groups is 1. The fourth-order valence-electron chi connectivity index (χ4n) is 2.01. The fraction of sp³-hybridized carbons (Fsp3) is 0.333. The Kier molecular flexibility index (Phi) is 4.96. The van der Waals surface area contributed by atoms with Crippen molar-refractivity contribution in [3.05, 3.63) is 51.7 Å². The van der Waals surface area contributed by atoms with Crippen LogP contribution in [-0.2, 0) is 0 Å². The van der Waals surface area contributed by atoms with E-state index in [1.807, 2.05) is 12.1 Å². The molecule has 3 N–H and O–H groups in total. The number of nitrogens with two attached hydrogens (primary N) is 1. The largest absolute Gasteiger partial charge is 0.494 e. The minimum absolute atomic E-state index is 0.0187. The summed E-state index contributed by atoms with van der Waals surface area (Å²) in [6.07, 6.45) is 1.01. The number of aryl methyl sites for hydroxylation is 1. The van der Waals surface area contributed by atoms with E-state index < -0.39 is 0 Å². The molecule has 0 radical (unpaired) electrons. The van der Waals surface area contributed by atoms with Crippen LogP contribution in [0.15, 0.2) is 35.7 Å². The molecule has 3 nitrogen and oxygen atoms in total. The first-order valence-electron chi connectivity index (χ1n) is 6.49. The molecule has 0 amide bonds. The van der Waals surface area contributed by atoms with Crippen LogP contribution in [0.1, 0.15) is 35.4 Å². The summed E-state index contributed by atoms with van der Waals surface area (Å²) in [5.74, 6) is 6.63. The Balaban J connectivity index is 2.26. The number of hydrogen-bond acceptors (Lipinski definition) is 4. The van der Waals surface area contributed by atoms with Gasteiger partial charge in [-0.15, -0.1) is 11.3 Å². The van der Waals surface area contributed by atoms with E-state index in [1.54, 1.807) is 11.3 Å². The van der Waals surface area contributed by atoms with Gasteiger partial charge in [0, 0.05) is 4.88 Å². The minimum Gasteiger partial charge on any atom is -0.494 e. The van der Waals surface area contributed by atoms with Gasteiger partial charge in [-0.1, -0.05) is 19.1 Å². The van der Waals surface area contributed by atoms with Gasteiger partial charge in [-0.2, -0.15) is 0 Å². The lowest BCUT2D eigenvalue weighted by Crippen LogP contribution is -2.28. The molecular formula is C15H20N2OS. The second kappa shape index (κ2) is 6.70. The van der Waals surface area contributed by atoms with E-state index in [0.29, 0.717) is 0 Å². The highest BCUT2D eigenvalue weighted by Gasteiger charge is 2.16. The molecule has 0 aliphatic heterocycles. The summed E-state index contributed by atoms with van der Waals surface area (Å²) >= 11 is 1.72. The van der Waals surface area contributed by atoms with Gasteiger partial charge in [0.15, 0.2) is 0 Å². The van der Waals surface area contributed by atoms with E-state index in [9.17, 15) is 0 Å². The molecule has 19 heavy (non-hydrogen) atoms. The van der Waals surface area contributed by atoms with Crippen molar-refractivity contribution in [2.75, 3.05) is 6.61 Å². The highest BCUT2D eigenvalue weighted by atomic mass is 32.1. The Morgan fingerprint density at radius 3 is 2.84 bits per heavy atom. The van der Waals surface area contributed by atoms with Crippen LogP contribution in [0.2, 0.25) is 0 Å². The summed E-state index contributed by atoms with van der Waals surface area (Å²) in [4.78, 5) is 1.25. The van der Waals surface area contributed by atoms with Gasteiger partial charge in [-0.25, -0.2) is 5.43 Å². The van der Waals surface area contributed by atoms with E-state index in [4.69, 9.17) is 10.6 Å². The van der Waals surface area contributed by atoms with Crippen molar-refractivity contribution >= 4 is 11.3 Å². The molecule has 0 saturated heterocycles. The zero-order valence-electron chi connectivity index (χ0n) is 11.3. The molecule has 102 valence electrons. The first-order valence-corrected chi connectivity index (χ1v) is 7.37. The standard InChI is InChI=1S/C15H20N2OS/c1-3-8-18-13-6-4-5-12(10-13)14(17-16)15-11(2)7-9-19-15/h4-7,9-10,14,17H,3,8,16H2,1-2H3. The average molecular weight is 276 g/mol. The van der Waals surface area contributed by atoms with E-state index >= 15 is 0 Å². The lowest BCUT2D eigenvalue weighted by molar-refractivity contribution is 0.317. The Morgan fingerprint density at radius 1 is 1.37 bits per heavy atom. The van der Waals surface area contributed by atoms with Crippen molar-refractivity contribution in [2.45, 2.75) is 26.3 Å². The van der Waals surface area contributed by atoms with Crippen molar-refractivity contribution in [1.82, 2.24) is 5.43 Å². The summed E-state index contributed by atoms with van der Waals surface area (Å²) in [5, 5.41) is 2.09. The summed E-state index contributed by atoms with van der Waals surface area (Å²) in [7, 11) is 0. The number of hydrogen-bond donors (Lipinski definition) is 2. The summed E-state index contributed by atoms with van der Waals surface area (Å²) in [6.45, 7) is 4.94. The molecule has 1 atom stereocenters. The van der Waals surface area contributed by atoms with Crippen molar-refractivity contribution in [2.24, 2.45) is 5.84 Å². The predicted octanol–water partition coefficient (Wildman–Crippen LogP) is 3.40.